The molecular formula is C32H42N6O5S. The van der Waals surface area contributed by atoms with Gasteiger partial charge in [-0.05, 0) is 69.2 Å². The molecule has 0 amide bonds. The molecule has 1 saturated carbocycles. The van der Waals surface area contributed by atoms with Crippen LogP contribution in [0.2, 0.25) is 0 Å². The van der Waals surface area contributed by atoms with Crippen molar-refractivity contribution in [3.8, 4) is 11.3 Å². The number of pyridine rings is 1. The molecule has 3 heterocycles. The van der Waals surface area contributed by atoms with Gasteiger partial charge in [-0.1, -0.05) is 36.7 Å². The number of benzene rings is 1. The van der Waals surface area contributed by atoms with Gasteiger partial charge in [0.1, 0.15) is 17.5 Å². The molecule has 3 aromatic heterocycles. The van der Waals surface area contributed by atoms with Crippen LogP contribution >= 0.6 is 0 Å². The molecule has 4 aromatic rings. The molecule has 0 bridgehead atoms. The summed E-state index contributed by atoms with van der Waals surface area (Å²) < 4.78 is 48.1. The largest absolute Gasteiger partial charge is 0.377 e. The van der Waals surface area contributed by atoms with Crippen molar-refractivity contribution in [1.29, 1.82) is 0 Å². The first-order valence-corrected chi connectivity index (χ1v) is 16.7. The third-order valence-corrected chi connectivity index (χ3v) is 9.61. The molecule has 5 rings (SSSR count). The molecule has 236 valence electrons. The van der Waals surface area contributed by atoms with E-state index in [9.17, 15) is 8.42 Å². The molecule has 0 saturated heterocycles. The summed E-state index contributed by atoms with van der Waals surface area (Å²) in [5.74, 6) is 2.75. The zero-order valence-corrected chi connectivity index (χ0v) is 27.1. The van der Waals surface area contributed by atoms with Crippen molar-refractivity contribution >= 4 is 15.9 Å². The lowest BCUT2D eigenvalue weighted by molar-refractivity contribution is 0.134. The van der Waals surface area contributed by atoms with E-state index in [2.05, 4.69) is 23.1 Å². The number of ether oxygens (including phenoxy) is 2. The zero-order valence-electron chi connectivity index (χ0n) is 26.2. The standard InChI is InChI=1S/C32H42N6O5S/c1-6-8-11-30-34-29(18-24-12-13-24)35-37(30)19-25-14-15-27(26(17-25)20-42-7-2)31-28(10-9-16-33-31)44(39,40)38(21-41-5)32-22(3)23(4)36-43-32/h9-10,14-17,24H,6-8,11-13,18-21H2,1-5H3. The van der Waals surface area contributed by atoms with Crippen LogP contribution in [0.25, 0.3) is 11.3 Å². The quantitative estimate of drug-likeness (QED) is 0.146. The van der Waals surface area contributed by atoms with E-state index in [0.717, 1.165) is 52.8 Å². The van der Waals surface area contributed by atoms with Gasteiger partial charge in [-0.3, -0.25) is 4.98 Å². The first kappa shape index (κ1) is 31.8. The molecule has 0 spiro atoms. The molecule has 1 aliphatic carbocycles. The average molecular weight is 623 g/mol. The summed E-state index contributed by atoms with van der Waals surface area (Å²) in [6.45, 7) is 8.76. The van der Waals surface area contributed by atoms with Crippen LogP contribution in [0, 0.1) is 19.8 Å². The van der Waals surface area contributed by atoms with Gasteiger partial charge in [0.2, 0.25) is 5.88 Å². The molecule has 1 aromatic carbocycles. The molecule has 0 radical (unpaired) electrons. The van der Waals surface area contributed by atoms with Gasteiger partial charge in [-0.2, -0.15) is 5.10 Å². The number of sulfonamides is 1. The Morgan fingerprint density at radius 1 is 1.16 bits per heavy atom. The summed E-state index contributed by atoms with van der Waals surface area (Å²) in [6, 6.07) is 9.13. The number of unbranched alkanes of at least 4 members (excludes halogenated alkanes) is 1. The monoisotopic (exact) mass is 622 g/mol. The van der Waals surface area contributed by atoms with Crippen molar-refractivity contribution in [2.75, 3.05) is 24.8 Å². The summed E-state index contributed by atoms with van der Waals surface area (Å²) in [4.78, 5) is 9.48. The summed E-state index contributed by atoms with van der Waals surface area (Å²) >= 11 is 0. The highest BCUT2D eigenvalue weighted by atomic mass is 32.2. The maximum Gasteiger partial charge on any atom is 0.270 e. The van der Waals surface area contributed by atoms with E-state index in [0.29, 0.717) is 48.2 Å². The molecule has 0 aliphatic heterocycles. The van der Waals surface area contributed by atoms with Gasteiger partial charge in [-0.25, -0.2) is 22.4 Å². The third-order valence-electron chi connectivity index (χ3n) is 7.88. The molecule has 44 heavy (non-hydrogen) atoms. The average Bonchev–Trinajstić information content (AvgIpc) is 3.67. The topological polar surface area (TPSA) is 125 Å². The van der Waals surface area contributed by atoms with Crippen LogP contribution in [0.15, 0.2) is 45.9 Å². The van der Waals surface area contributed by atoms with Crippen molar-refractivity contribution < 1.29 is 22.4 Å². The number of aryl methyl sites for hydroxylation is 2. The minimum Gasteiger partial charge on any atom is -0.377 e. The van der Waals surface area contributed by atoms with Crippen molar-refractivity contribution in [1.82, 2.24) is 24.9 Å². The van der Waals surface area contributed by atoms with Crippen LogP contribution in [0.1, 0.15) is 73.6 Å². The van der Waals surface area contributed by atoms with Crippen LogP contribution in [0.5, 0.6) is 0 Å². The SMILES string of the molecule is CCCCc1nc(CC2CC2)nn1Cc1ccc(-c2ncccc2S(=O)(=O)N(COC)c2onc(C)c2C)c(COCC)c1. The second kappa shape index (κ2) is 14.0. The second-order valence-corrected chi connectivity index (χ2v) is 13.1. The van der Waals surface area contributed by atoms with E-state index >= 15 is 0 Å². The van der Waals surface area contributed by atoms with Crippen LogP contribution in [0.3, 0.4) is 0 Å². The van der Waals surface area contributed by atoms with E-state index in [-0.39, 0.29) is 17.5 Å². The molecule has 0 unspecified atom stereocenters. The Morgan fingerprint density at radius 3 is 2.66 bits per heavy atom. The van der Waals surface area contributed by atoms with Crippen LogP contribution in [0.4, 0.5) is 5.88 Å². The maximum atomic E-state index is 14.2. The second-order valence-electron chi connectivity index (χ2n) is 11.3. The molecule has 12 heteroatoms. The Bertz CT molecular complexity index is 1680. The van der Waals surface area contributed by atoms with E-state index < -0.39 is 10.0 Å². The van der Waals surface area contributed by atoms with Crippen LogP contribution < -0.4 is 4.31 Å². The smallest absolute Gasteiger partial charge is 0.270 e. The fourth-order valence-corrected chi connectivity index (χ4v) is 6.66. The summed E-state index contributed by atoms with van der Waals surface area (Å²) in [6.07, 6.45) is 8.07. The Kier molecular flexibility index (Phi) is 10.1. The predicted octanol–water partition coefficient (Wildman–Crippen LogP) is 5.62. The van der Waals surface area contributed by atoms with E-state index in [1.807, 2.05) is 23.7 Å². The number of rotatable bonds is 16. The Balaban J connectivity index is 1.52. The van der Waals surface area contributed by atoms with E-state index in [4.69, 9.17) is 24.1 Å². The van der Waals surface area contributed by atoms with Crippen LogP contribution in [-0.4, -0.2) is 53.8 Å². The van der Waals surface area contributed by atoms with Crippen molar-refractivity contribution in [2.45, 2.75) is 84.3 Å². The van der Waals surface area contributed by atoms with E-state index in [1.165, 1.54) is 20.0 Å². The highest BCUT2D eigenvalue weighted by Gasteiger charge is 2.33. The number of aromatic nitrogens is 5. The number of hydrogen-bond donors (Lipinski definition) is 0. The molecular weight excluding hydrogens is 580 g/mol. The lowest BCUT2D eigenvalue weighted by Gasteiger charge is -2.23. The lowest BCUT2D eigenvalue weighted by Crippen LogP contribution is -2.33. The summed E-state index contributed by atoms with van der Waals surface area (Å²) in [5.41, 5.74) is 4.06. The van der Waals surface area contributed by atoms with Gasteiger partial charge in [0.05, 0.1) is 24.5 Å². The number of hydrogen-bond acceptors (Lipinski definition) is 9. The molecule has 0 N–H and O–H groups in total. The third kappa shape index (κ3) is 7.03. The summed E-state index contributed by atoms with van der Waals surface area (Å²) in [7, 11) is -2.74. The number of nitrogens with zero attached hydrogens (tertiary/aromatic N) is 6. The minimum atomic E-state index is -4.17. The van der Waals surface area contributed by atoms with Crippen LogP contribution in [-0.2, 0) is 45.5 Å². The first-order valence-electron chi connectivity index (χ1n) is 15.3. The van der Waals surface area contributed by atoms with Gasteiger partial charge in [0, 0.05) is 43.9 Å². The van der Waals surface area contributed by atoms with Crippen molar-refractivity contribution in [3.63, 3.8) is 0 Å². The minimum absolute atomic E-state index is 0.0267. The van der Waals surface area contributed by atoms with Gasteiger partial charge < -0.3 is 14.0 Å². The molecule has 1 aliphatic rings. The molecule has 1 fully saturated rings. The fourth-order valence-electron chi connectivity index (χ4n) is 5.13. The van der Waals surface area contributed by atoms with Crippen molar-refractivity contribution in [3.05, 3.63) is 70.6 Å². The predicted molar refractivity (Wildman–Crippen MR) is 167 cm³/mol. The first-order chi connectivity index (χ1) is 21.3. The maximum absolute atomic E-state index is 14.2. The highest BCUT2D eigenvalue weighted by Crippen LogP contribution is 2.35. The number of anilines is 1. The van der Waals surface area contributed by atoms with Gasteiger partial charge in [0.15, 0.2) is 5.82 Å². The summed E-state index contributed by atoms with van der Waals surface area (Å²) in [5, 5.41) is 8.84. The van der Waals surface area contributed by atoms with Gasteiger partial charge >= 0.3 is 0 Å². The Labute approximate surface area is 259 Å². The Morgan fingerprint density at radius 2 is 1.98 bits per heavy atom. The molecule has 0 atom stereocenters. The van der Waals surface area contributed by atoms with Gasteiger partial charge in [-0.15, -0.1) is 0 Å². The lowest BCUT2D eigenvalue weighted by atomic mass is 10.0. The normalized spacial score (nSPS) is 13.5. The highest BCUT2D eigenvalue weighted by molar-refractivity contribution is 7.93. The number of methoxy groups -OCH3 is 1. The van der Waals surface area contributed by atoms with Crippen molar-refractivity contribution in [2.24, 2.45) is 5.92 Å². The zero-order chi connectivity index (χ0) is 31.3. The van der Waals surface area contributed by atoms with Gasteiger partial charge in [0.25, 0.3) is 10.0 Å². The molecule has 11 nitrogen and oxygen atoms in total. The fraction of sp³-hybridized carbons (Fsp3) is 0.500. The Hall–Kier alpha value is -3.61. The van der Waals surface area contributed by atoms with E-state index in [1.54, 1.807) is 32.2 Å².